The van der Waals surface area contributed by atoms with E-state index in [1.807, 2.05) is 11.8 Å². The Bertz CT molecular complexity index is 288. The second-order valence-electron chi connectivity index (χ2n) is 3.93. The van der Waals surface area contributed by atoms with Gasteiger partial charge in [0.05, 0.1) is 0 Å². The predicted octanol–water partition coefficient (Wildman–Crippen LogP) is 3.00. The molecule has 1 aliphatic rings. The van der Waals surface area contributed by atoms with E-state index in [1.54, 1.807) is 0 Å². The fraction of sp³-hybridized carbons (Fsp3) is 0.500. The molecule has 0 radical (unpaired) electrons. The van der Waals surface area contributed by atoms with Crippen LogP contribution >= 0.6 is 11.8 Å². The summed E-state index contributed by atoms with van der Waals surface area (Å²) in [5.41, 5.74) is 7.24. The van der Waals surface area contributed by atoms with Gasteiger partial charge in [-0.25, -0.2) is 0 Å². The Morgan fingerprint density at radius 2 is 1.93 bits per heavy atom. The van der Waals surface area contributed by atoms with Gasteiger partial charge in [-0.15, -0.1) is 11.8 Å². The maximum atomic E-state index is 5.78. The molecule has 2 rings (SSSR count). The van der Waals surface area contributed by atoms with Crippen LogP contribution < -0.4 is 5.73 Å². The molecule has 1 aliphatic carbocycles. The Kier molecular flexibility index (Phi) is 3.14. The second-order valence-corrected chi connectivity index (χ2v) is 5.27. The molecule has 0 spiro atoms. The van der Waals surface area contributed by atoms with Gasteiger partial charge in [0.2, 0.25) is 0 Å². The Labute approximate surface area is 90.1 Å². The first-order valence-electron chi connectivity index (χ1n) is 5.28. The number of nitrogens with two attached hydrogens (primary N) is 1. The zero-order valence-electron chi connectivity index (χ0n) is 8.57. The van der Waals surface area contributed by atoms with Crippen molar-refractivity contribution < 1.29 is 0 Å². The normalized spacial score (nSPS) is 25.9. The van der Waals surface area contributed by atoms with Crippen molar-refractivity contribution in [2.75, 3.05) is 5.75 Å². The fourth-order valence-electron chi connectivity index (χ4n) is 1.94. The van der Waals surface area contributed by atoms with Crippen molar-refractivity contribution in [2.24, 2.45) is 5.73 Å². The first-order chi connectivity index (χ1) is 6.79. The van der Waals surface area contributed by atoms with Gasteiger partial charge in [0.1, 0.15) is 0 Å². The fourth-order valence-corrected chi connectivity index (χ4v) is 2.60. The van der Waals surface area contributed by atoms with Crippen LogP contribution in [0.4, 0.5) is 0 Å². The van der Waals surface area contributed by atoms with Crippen molar-refractivity contribution in [3.63, 3.8) is 0 Å². The Hall–Kier alpha value is -0.470. The zero-order chi connectivity index (χ0) is 9.97. The third-order valence-corrected chi connectivity index (χ3v) is 3.73. The van der Waals surface area contributed by atoms with Gasteiger partial charge in [-0.2, -0.15) is 0 Å². The van der Waals surface area contributed by atoms with E-state index in [1.165, 1.54) is 23.3 Å². The van der Waals surface area contributed by atoms with Crippen molar-refractivity contribution in [2.45, 2.75) is 36.6 Å². The molecule has 0 amide bonds. The summed E-state index contributed by atoms with van der Waals surface area (Å²) in [6.07, 6.45) is 2.33. The average molecular weight is 207 g/mol. The summed E-state index contributed by atoms with van der Waals surface area (Å²) in [5.74, 6) is 1.87. The van der Waals surface area contributed by atoms with Gasteiger partial charge in [-0.1, -0.05) is 19.1 Å². The van der Waals surface area contributed by atoms with Crippen molar-refractivity contribution in [3.05, 3.63) is 29.8 Å². The van der Waals surface area contributed by atoms with Crippen LogP contribution in [0.25, 0.3) is 0 Å². The summed E-state index contributed by atoms with van der Waals surface area (Å²) in [6, 6.07) is 9.42. The van der Waals surface area contributed by atoms with E-state index in [0.717, 1.165) is 11.7 Å². The first kappa shape index (κ1) is 10.1. The number of rotatable bonds is 3. The number of benzene rings is 1. The van der Waals surface area contributed by atoms with Crippen LogP contribution in [0.15, 0.2) is 29.2 Å². The molecule has 0 aromatic heterocycles. The Morgan fingerprint density at radius 1 is 1.29 bits per heavy atom. The molecule has 76 valence electrons. The number of hydrogen-bond donors (Lipinski definition) is 1. The quantitative estimate of drug-likeness (QED) is 0.771. The highest BCUT2D eigenvalue weighted by Gasteiger charge is 2.26. The van der Waals surface area contributed by atoms with Crippen LogP contribution in [0, 0.1) is 0 Å². The van der Waals surface area contributed by atoms with Crippen LogP contribution in [0.5, 0.6) is 0 Å². The molecule has 1 fully saturated rings. The lowest BCUT2D eigenvalue weighted by Crippen LogP contribution is -2.34. The molecule has 1 aromatic rings. The molecule has 0 bridgehead atoms. The van der Waals surface area contributed by atoms with Gasteiger partial charge in [-0.3, -0.25) is 0 Å². The molecule has 1 aromatic carbocycles. The summed E-state index contributed by atoms with van der Waals surface area (Å²) >= 11 is 1.90. The highest BCUT2D eigenvalue weighted by atomic mass is 32.2. The third-order valence-electron chi connectivity index (χ3n) is 2.84. The summed E-state index contributed by atoms with van der Waals surface area (Å²) in [7, 11) is 0. The topological polar surface area (TPSA) is 26.0 Å². The SMILES string of the molecule is CCSc1ccc(C2CC(N)C2)cc1. The molecular formula is C12H17NS. The molecule has 2 heteroatoms. The van der Waals surface area contributed by atoms with Crippen molar-refractivity contribution in [1.82, 2.24) is 0 Å². The minimum Gasteiger partial charge on any atom is -0.328 e. The van der Waals surface area contributed by atoms with E-state index < -0.39 is 0 Å². The molecule has 1 nitrogen and oxygen atoms in total. The van der Waals surface area contributed by atoms with Crippen LogP contribution in [0.1, 0.15) is 31.2 Å². The Balaban J connectivity index is 1.99. The largest absolute Gasteiger partial charge is 0.328 e. The maximum Gasteiger partial charge on any atom is 0.00720 e. The predicted molar refractivity (Wildman–Crippen MR) is 62.8 cm³/mol. The second kappa shape index (κ2) is 4.37. The Morgan fingerprint density at radius 3 is 2.43 bits per heavy atom. The van der Waals surface area contributed by atoms with Crippen molar-refractivity contribution >= 4 is 11.8 Å². The zero-order valence-corrected chi connectivity index (χ0v) is 9.39. The van der Waals surface area contributed by atoms with E-state index >= 15 is 0 Å². The summed E-state index contributed by atoms with van der Waals surface area (Å²) < 4.78 is 0. The van der Waals surface area contributed by atoms with E-state index in [2.05, 4.69) is 31.2 Å². The van der Waals surface area contributed by atoms with Crippen LogP contribution in [0.2, 0.25) is 0 Å². The molecule has 0 atom stereocenters. The van der Waals surface area contributed by atoms with Gasteiger partial charge in [0.25, 0.3) is 0 Å². The van der Waals surface area contributed by atoms with E-state index in [9.17, 15) is 0 Å². The van der Waals surface area contributed by atoms with Crippen molar-refractivity contribution in [1.29, 1.82) is 0 Å². The van der Waals surface area contributed by atoms with Crippen LogP contribution in [-0.4, -0.2) is 11.8 Å². The van der Waals surface area contributed by atoms with Crippen molar-refractivity contribution in [3.8, 4) is 0 Å². The molecule has 0 saturated heterocycles. The van der Waals surface area contributed by atoms with E-state index in [-0.39, 0.29) is 0 Å². The maximum absolute atomic E-state index is 5.78. The lowest BCUT2D eigenvalue weighted by molar-refractivity contribution is 0.351. The van der Waals surface area contributed by atoms with Gasteiger partial charge in [-0.05, 0) is 42.2 Å². The van der Waals surface area contributed by atoms with Gasteiger partial charge < -0.3 is 5.73 Å². The van der Waals surface area contributed by atoms with Gasteiger partial charge >= 0.3 is 0 Å². The summed E-state index contributed by atoms with van der Waals surface area (Å²) in [6.45, 7) is 2.18. The lowest BCUT2D eigenvalue weighted by Gasteiger charge is -2.32. The monoisotopic (exact) mass is 207 g/mol. The molecule has 0 aliphatic heterocycles. The van der Waals surface area contributed by atoms with Crippen LogP contribution in [-0.2, 0) is 0 Å². The lowest BCUT2D eigenvalue weighted by atomic mass is 9.76. The molecule has 14 heavy (non-hydrogen) atoms. The summed E-state index contributed by atoms with van der Waals surface area (Å²) in [5, 5.41) is 0. The van der Waals surface area contributed by atoms with Gasteiger partial charge in [0, 0.05) is 10.9 Å². The molecule has 0 heterocycles. The molecular weight excluding hydrogens is 190 g/mol. The third kappa shape index (κ3) is 2.12. The van der Waals surface area contributed by atoms with E-state index in [0.29, 0.717) is 6.04 Å². The molecule has 0 unspecified atom stereocenters. The number of hydrogen-bond acceptors (Lipinski definition) is 2. The highest BCUT2D eigenvalue weighted by Crippen LogP contribution is 2.36. The summed E-state index contributed by atoms with van der Waals surface area (Å²) in [4.78, 5) is 1.37. The average Bonchev–Trinajstić information content (AvgIpc) is 2.15. The minimum absolute atomic E-state index is 0.449. The standard InChI is InChI=1S/C12H17NS/c1-2-14-12-5-3-9(4-6-12)10-7-11(13)8-10/h3-6,10-11H,2,7-8,13H2,1H3. The van der Waals surface area contributed by atoms with Gasteiger partial charge in [0.15, 0.2) is 0 Å². The molecule has 1 saturated carbocycles. The highest BCUT2D eigenvalue weighted by molar-refractivity contribution is 7.99. The van der Waals surface area contributed by atoms with Crippen LogP contribution in [0.3, 0.4) is 0 Å². The molecule has 2 N–H and O–H groups in total. The number of thioether (sulfide) groups is 1. The van der Waals surface area contributed by atoms with E-state index in [4.69, 9.17) is 5.73 Å². The first-order valence-corrected chi connectivity index (χ1v) is 6.26. The smallest absolute Gasteiger partial charge is 0.00720 e. The minimum atomic E-state index is 0.449.